The number of hydrogen-bond acceptors (Lipinski definition) is 8. The van der Waals surface area contributed by atoms with Gasteiger partial charge in [-0.2, -0.15) is 0 Å². The van der Waals surface area contributed by atoms with E-state index in [0.717, 1.165) is 11.5 Å². The van der Waals surface area contributed by atoms with Crippen molar-refractivity contribution >= 4 is 49.3 Å². The Morgan fingerprint density at radius 2 is 1.76 bits per heavy atom. The van der Waals surface area contributed by atoms with Crippen LogP contribution in [-0.4, -0.2) is 78.9 Å². The molecule has 252 valence electrons. The molecule has 1 aromatic carbocycles. The van der Waals surface area contributed by atoms with Crippen molar-refractivity contribution in [3.63, 3.8) is 0 Å². The molecule has 1 amide bonds. The van der Waals surface area contributed by atoms with Crippen molar-refractivity contribution in [3.8, 4) is 0 Å². The normalized spacial score (nSPS) is 23.6. The molecule has 0 radical (unpaired) electrons. The van der Waals surface area contributed by atoms with Crippen LogP contribution in [0.5, 0.6) is 0 Å². The lowest BCUT2D eigenvalue weighted by molar-refractivity contribution is -0.189. The van der Waals surface area contributed by atoms with Gasteiger partial charge in [0.05, 0.1) is 21.5 Å². The highest BCUT2D eigenvalue weighted by atomic mass is 32.2. The maximum Gasteiger partial charge on any atom is 0.416 e. The molecule has 45 heavy (non-hydrogen) atoms. The van der Waals surface area contributed by atoms with Crippen LogP contribution in [-0.2, 0) is 29.2 Å². The zero-order valence-electron chi connectivity index (χ0n) is 29.8. The van der Waals surface area contributed by atoms with Crippen molar-refractivity contribution < 1.29 is 32.8 Å². The van der Waals surface area contributed by atoms with Gasteiger partial charge < -0.3 is 18.9 Å². The molecule has 0 saturated heterocycles. The molecule has 1 aromatic rings. The Hall–Kier alpha value is -1.73. The first-order valence-corrected chi connectivity index (χ1v) is 20.3. The molecule has 8 nitrogen and oxygen atoms in total. The van der Waals surface area contributed by atoms with Gasteiger partial charge in [0.15, 0.2) is 5.17 Å². The quantitative estimate of drug-likeness (QED) is 0.134. The van der Waals surface area contributed by atoms with Crippen molar-refractivity contribution in [2.45, 2.75) is 128 Å². The Morgan fingerprint density at radius 1 is 1.13 bits per heavy atom. The maximum atomic E-state index is 15.8. The molecule has 3 rings (SSSR count). The lowest BCUT2D eigenvalue weighted by Crippen LogP contribution is -2.54. The standard InChI is InChI=1S/C33H54BFN2O6SSi/c1-22(38)33-20-26(33)32(9,36-27(44-33)37(11)28(39)42-29(2,3)4)24-19-23(15-16-25(24)35)34(10)43-31(7,8)30(5,6)41-21-40-17-18-45(12,13)14/h15-16,19,26H,17-18,20-21H2,1-14H3/t26-,32+,33+/m0/s1. The molecule has 0 N–H and O–H groups in total. The van der Waals surface area contributed by atoms with E-state index in [1.165, 1.54) is 22.7 Å². The van der Waals surface area contributed by atoms with E-state index < -0.39 is 54.0 Å². The molecule has 1 fully saturated rings. The van der Waals surface area contributed by atoms with E-state index in [9.17, 15) is 9.59 Å². The van der Waals surface area contributed by atoms with E-state index >= 15 is 4.39 Å². The Bertz CT molecular complexity index is 1310. The number of carbonyl (C=O) groups is 2. The topological polar surface area (TPSA) is 86.7 Å². The van der Waals surface area contributed by atoms with E-state index in [2.05, 4.69) is 19.6 Å². The summed E-state index contributed by atoms with van der Waals surface area (Å²) in [5.74, 6) is -0.671. The number of nitrogens with zero attached hydrogens (tertiary/aromatic N) is 2. The van der Waals surface area contributed by atoms with Crippen LogP contribution in [0.15, 0.2) is 23.2 Å². The summed E-state index contributed by atoms with van der Waals surface area (Å²) in [6, 6.07) is 6.01. The second-order valence-electron chi connectivity index (χ2n) is 15.9. The second kappa shape index (κ2) is 13.1. The van der Waals surface area contributed by atoms with Gasteiger partial charge in [0, 0.05) is 33.2 Å². The average Bonchev–Trinajstić information content (AvgIpc) is 3.63. The number of aliphatic imine (C=N–C) groups is 1. The van der Waals surface area contributed by atoms with Crippen LogP contribution in [0.4, 0.5) is 9.18 Å². The molecule has 1 saturated carbocycles. The number of amidine groups is 1. The third-order valence-corrected chi connectivity index (χ3v) is 12.5. The van der Waals surface area contributed by atoms with Gasteiger partial charge in [-0.15, -0.1) is 0 Å². The van der Waals surface area contributed by atoms with Crippen LogP contribution in [0.1, 0.15) is 74.3 Å². The number of carbonyl (C=O) groups excluding carboxylic acids is 2. The summed E-state index contributed by atoms with van der Waals surface area (Å²) in [6.07, 6.45) is -0.0499. The summed E-state index contributed by atoms with van der Waals surface area (Å²) in [5, 5.41) is 0.330. The van der Waals surface area contributed by atoms with Gasteiger partial charge in [0.25, 0.3) is 0 Å². The van der Waals surface area contributed by atoms with Crippen LogP contribution in [0.3, 0.4) is 0 Å². The zero-order valence-corrected chi connectivity index (χ0v) is 31.7. The summed E-state index contributed by atoms with van der Waals surface area (Å²) >= 11 is 1.27. The lowest BCUT2D eigenvalue weighted by Gasteiger charge is -2.43. The number of thioether (sulfide) groups is 1. The number of ether oxygens (including phenoxy) is 3. The fraction of sp³-hybridized carbons (Fsp3) is 0.727. The molecule has 0 spiro atoms. The Balaban J connectivity index is 1.87. The molecule has 0 aromatic heterocycles. The van der Waals surface area contributed by atoms with Crippen LogP contribution in [0, 0.1) is 11.7 Å². The molecular formula is C33H54BFN2O6SSi. The number of Topliss-reactive ketones (excluding diaryl/α,β-unsaturated/α-hetero) is 1. The average molecular weight is 665 g/mol. The highest BCUT2D eigenvalue weighted by molar-refractivity contribution is 8.16. The molecule has 3 atom stereocenters. The first-order valence-electron chi connectivity index (χ1n) is 15.8. The van der Waals surface area contributed by atoms with Gasteiger partial charge in [-0.25, -0.2) is 9.18 Å². The van der Waals surface area contributed by atoms with E-state index in [4.69, 9.17) is 23.9 Å². The van der Waals surface area contributed by atoms with Crippen molar-refractivity contribution in [3.05, 3.63) is 29.6 Å². The van der Waals surface area contributed by atoms with Crippen molar-refractivity contribution in [1.29, 1.82) is 0 Å². The minimum Gasteiger partial charge on any atom is -0.443 e. The number of ketones is 1. The molecule has 0 unspecified atom stereocenters. The smallest absolute Gasteiger partial charge is 0.416 e. The molecule has 12 heteroatoms. The summed E-state index contributed by atoms with van der Waals surface area (Å²) in [5.41, 5.74) is -2.07. The van der Waals surface area contributed by atoms with Gasteiger partial charge >= 0.3 is 13.0 Å². The number of amides is 1. The van der Waals surface area contributed by atoms with E-state index in [0.29, 0.717) is 23.8 Å². The van der Waals surface area contributed by atoms with Gasteiger partial charge in [-0.05, 0) is 86.3 Å². The van der Waals surface area contributed by atoms with Crippen molar-refractivity contribution in [2.75, 3.05) is 20.4 Å². The molecule has 1 aliphatic carbocycles. The van der Waals surface area contributed by atoms with E-state index in [1.54, 1.807) is 46.9 Å². The molecule has 2 aliphatic rings. The van der Waals surface area contributed by atoms with Gasteiger partial charge in [0.2, 0.25) is 0 Å². The minimum atomic E-state index is -1.19. The van der Waals surface area contributed by atoms with Crippen LogP contribution in [0.2, 0.25) is 32.5 Å². The second-order valence-corrected chi connectivity index (χ2v) is 22.8. The number of hydrogen-bond donors (Lipinski definition) is 0. The third-order valence-electron chi connectivity index (χ3n) is 9.17. The predicted molar refractivity (Wildman–Crippen MR) is 185 cm³/mol. The number of halogens is 1. The lowest BCUT2D eigenvalue weighted by atomic mass is 9.61. The number of rotatable bonds is 12. The summed E-state index contributed by atoms with van der Waals surface area (Å²) in [4.78, 5) is 32.2. The highest BCUT2D eigenvalue weighted by Gasteiger charge is 2.70. The Labute approximate surface area is 275 Å². The summed E-state index contributed by atoms with van der Waals surface area (Å²) in [7, 11) is 0.380. The number of fused-ring (bicyclic) bond motifs is 1. The van der Waals surface area contributed by atoms with Crippen molar-refractivity contribution in [1.82, 2.24) is 4.90 Å². The fourth-order valence-corrected chi connectivity index (χ4v) is 7.66. The van der Waals surface area contributed by atoms with E-state index in [1.807, 2.05) is 41.4 Å². The van der Waals surface area contributed by atoms with Gasteiger partial charge in [0.1, 0.15) is 24.0 Å². The third kappa shape index (κ3) is 8.60. The first-order chi connectivity index (χ1) is 20.4. The fourth-order valence-electron chi connectivity index (χ4n) is 5.37. The monoisotopic (exact) mass is 664 g/mol. The molecule has 1 aliphatic heterocycles. The largest absolute Gasteiger partial charge is 0.443 e. The number of benzene rings is 1. The minimum absolute atomic E-state index is 0.0181. The SMILES string of the molecule is CB(OC(C)(C)C(C)(C)OCOCC[Si](C)(C)C)c1ccc(F)c([C@@]2(C)N=C(N(C)C(=O)OC(C)(C)C)S[C@@]3(C(C)=O)C[C@H]32)c1. The van der Waals surface area contributed by atoms with E-state index in [-0.39, 0.29) is 18.5 Å². The Kier molecular flexibility index (Phi) is 10.9. The molecule has 1 heterocycles. The highest BCUT2D eigenvalue weighted by Crippen LogP contribution is 2.66. The molecular weight excluding hydrogens is 610 g/mol. The van der Waals surface area contributed by atoms with Crippen LogP contribution >= 0.6 is 11.8 Å². The maximum absolute atomic E-state index is 15.8. The van der Waals surface area contributed by atoms with Crippen LogP contribution < -0.4 is 5.46 Å². The zero-order chi connectivity index (χ0) is 34.4. The van der Waals surface area contributed by atoms with Crippen LogP contribution in [0.25, 0.3) is 0 Å². The van der Waals surface area contributed by atoms with Crippen molar-refractivity contribution in [2.24, 2.45) is 10.9 Å². The molecule has 0 bridgehead atoms. The predicted octanol–water partition coefficient (Wildman–Crippen LogP) is 7.09. The summed E-state index contributed by atoms with van der Waals surface area (Å²) in [6.45, 7) is 26.0. The summed E-state index contributed by atoms with van der Waals surface area (Å²) < 4.78 is 39.1. The first kappa shape index (κ1) is 37.7. The van der Waals surface area contributed by atoms with Gasteiger partial charge in [-0.1, -0.05) is 50.4 Å². The van der Waals surface area contributed by atoms with Gasteiger partial charge in [-0.3, -0.25) is 14.7 Å². The Morgan fingerprint density at radius 3 is 2.31 bits per heavy atom.